The number of rotatable bonds is 1. The SMILES string of the molecule is NC(=O)n1nc2c(c1N)-c1ccccc1CN(c1ccc(Br)cc1)C2. The van der Waals surface area contributed by atoms with Crippen LogP contribution in [0.3, 0.4) is 0 Å². The molecule has 0 radical (unpaired) electrons. The van der Waals surface area contributed by atoms with Crippen LogP contribution in [-0.4, -0.2) is 15.8 Å². The van der Waals surface area contributed by atoms with Crippen LogP contribution in [-0.2, 0) is 13.1 Å². The van der Waals surface area contributed by atoms with E-state index in [1.165, 1.54) is 0 Å². The summed E-state index contributed by atoms with van der Waals surface area (Å²) in [7, 11) is 0. The third-order valence-electron chi connectivity index (χ3n) is 4.38. The zero-order valence-electron chi connectivity index (χ0n) is 13.3. The highest BCUT2D eigenvalue weighted by molar-refractivity contribution is 9.10. The molecule has 3 aromatic rings. The molecule has 1 aliphatic heterocycles. The smallest absolute Gasteiger partial charge is 0.341 e. The zero-order chi connectivity index (χ0) is 17.6. The van der Waals surface area contributed by atoms with Gasteiger partial charge in [-0.3, -0.25) is 0 Å². The Hall–Kier alpha value is -2.80. The molecule has 4 N–H and O–H groups in total. The summed E-state index contributed by atoms with van der Waals surface area (Å²) in [5.41, 5.74) is 16.3. The monoisotopic (exact) mass is 397 g/mol. The maximum Gasteiger partial charge on any atom is 0.341 e. The molecular formula is C18H16BrN5O. The molecule has 0 saturated heterocycles. The molecule has 1 amide bonds. The molecule has 7 heteroatoms. The van der Waals surface area contributed by atoms with E-state index < -0.39 is 6.03 Å². The number of fused-ring (bicyclic) bond motifs is 3. The van der Waals surface area contributed by atoms with Crippen LogP contribution < -0.4 is 16.4 Å². The Morgan fingerprint density at radius 1 is 1.08 bits per heavy atom. The number of nitrogens with zero attached hydrogens (tertiary/aromatic N) is 3. The molecule has 0 fully saturated rings. The first-order valence-corrected chi connectivity index (χ1v) is 8.60. The van der Waals surface area contributed by atoms with Crippen LogP contribution in [0.25, 0.3) is 11.1 Å². The Balaban J connectivity index is 1.89. The van der Waals surface area contributed by atoms with Crippen molar-refractivity contribution in [3.05, 3.63) is 64.3 Å². The normalized spacial score (nSPS) is 13.1. The number of halogens is 1. The van der Waals surface area contributed by atoms with Gasteiger partial charge in [-0.2, -0.15) is 9.78 Å². The van der Waals surface area contributed by atoms with E-state index in [0.29, 0.717) is 6.54 Å². The molecule has 0 aliphatic carbocycles. The number of anilines is 2. The van der Waals surface area contributed by atoms with E-state index in [-0.39, 0.29) is 5.82 Å². The summed E-state index contributed by atoms with van der Waals surface area (Å²) >= 11 is 3.46. The van der Waals surface area contributed by atoms with Crippen molar-refractivity contribution in [2.45, 2.75) is 13.1 Å². The van der Waals surface area contributed by atoms with Crippen molar-refractivity contribution in [1.29, 1.82) is 0 Å². The molecule has 4 rings (SSSR count). The fourth-order valence-electron chi connectivity index (χ4n) is 3.23. The molecular weight excluding hydrogens is 382 g/mol. The van der Waals surface area contributed by atoms with Gasteiger partial charge in [0.05, 0.1) is 12.2 Å². The molecule has 25 heavy (non-hydrogen) atoms. The van der Waals surface area contributed by atoms with E-state index in [1.54, 1.807) is 0 Å². The number of hydrogen-bond donors (Lipinski definition) is 2. The van der Waals surface area contributed by atoms with E-state index in [4.69, 9.17) is 11.5 Å². The van der Waals surface area contributed by atoms with Gasteiger partial charge in [-0.1, -0.05) is 40.2 Å². The maximum absolute atomic E-state index is 11.7. The molecule has 0 atom stereocenters. The molecule has 2 aromatic carbocycles. The quantitative estimate of drug-likeness (QED) is 0.658. The third-order valence-corrected chi connectivity index (χ3v) is 4.91. The first kappa shape index (κ1) is 15.7. The van der Waals surface area contributed by atoms with Crippen LogP contribution in [0, 0.1) is 0 Å². The Morgan fingerprint density at radius 3 is 2.52 bits per heavy atom. The van der Waals surface area contributed by atoms with Gasteiger partial charge >= 0.3 is 6.03 Å². The maximum atomic E-state index is 11.7. The predicted molar refractivity (Wildman–Crippen MR) is 101 cm³/mol. The van der Waals surface area contributed by atoms with Crippen molar-refractivity contribution in [1.82, 2.24) is 9.78 Å². The fourth-order valence-corrected chi connectivity index (χ4v) is 3.49. The second-order valence-corrected chi connectivity index (χ2v) is 6.86. The molecule has 1 aliphatic rings. The number of nitrogen functional groups attached to an aromatic ring is 1. The first-order chi connectivity index (χ1) is 12.0. The van der Waals surface area contributed by atoms with Crippen LogP contribution in [0.15, 0.2) is 53.0 Å². The molecule has 0 spiro atoms. The minimum atomic E-state index is -0.682. The topological polar surface area (TPSA) is 90.2 Å². The lowest BCUT2D eigenvalue weighted by molar-refractivity contribution is 0.248. The number of carbonyl (C=O) groups excluding carboxylic acids is 1. The van der Waals surface area contributed by atoms with Crippen LogP contribution in [0.5, 0.6) is 0 Å². The van der Waals surface area contributed by atoms with E-state index in [1.807, 2.05) is 42.5 Å². The summed E-state index contributed by atoms with van der Waals surface area (Å²) < 4.78 is 2.10. The lowest BCUT2D eigenvalue weighted by Crippen LogP contribution is -2.24. The number of benzene rings is 2. The van der Waals surface area contributed by atoms with Crippen molar-refractivity contribution in [3.8, 4) is 11.1 Å². The summed E-state index contributed by atoms with van der Waals surface area (Å²) in [6, 6.07) is 15.4. The highest BCUT2D eigenvalue weighted by Crippen LogP contribution is 2.37. The van der Waals surface area contributed by atoms with Gasteiger partial charge in [0.15, 0.2) is 0 Å². The third kappa shape index (κ3) is 2.66. The summed E-state index contributed by atoms with van der Waals surface area (Å²) in [5.74, 6) is 0.285. The van der Waals surface area contributed by atoms with Gasteiger partial charge in [0.2, 0.25) is 0 Å². The summed E-state index contributed by atoms with van der Waals surface area (Å²) in [6.45, 7) is 1.26. The second-order valence-electron chi connectivity index (χ2n) is 5.95. The van der Waals surface area contributed by atoms with Crippen LogP contribution in [0.1, 0.15) is 11.3 Å². The number of hydrogen-bond acceptors (Lipinski definition) is 4. The minimum Gasteiger partial charge on any atom is -0.383 e. The van der Waals surface area contributed by atoms with Gasteiger partial charge in [0.1, 0.15) is 5.82 Å². The van der Waals surface area contributed by atoms with Crippen LogP contribution in [0.4, 0.5) is 16.3 Å². The average molecular weight is 398 g/mol. The summed E-state index contributed by atoms with van der Waals surface area (Å²) in [6.07, 6.45) is 0. The van der Waals surface area contributed by atoms with Gasteiger partial charge in [-0.15, -0.1) is 0 Å². The molecule has 126 valence electrons. The predicted octanol–water partition coefficient (Wildman–Crippen LogP) is 3.34. The molecule has 2 heterocycles. The van der Waals surface area contributed by atoms with Gasteiger partial charge in [-0.25, -0.2) is 4.79 Å². The average Bonchev–Trinajstić information content (AvgIpc) is 2.82. The van der Waals surface area contributed by atoms with Crippen molar-refractivity contribution in [3.63, 3.8) is 0 Å². The van der Waals surface area contributed by atoms with E-state index in [2.05, 4.69) is 32.0 Å². The Morgan fingerprint density at radius 2 is 1.80 bits per heavy atom. The first-order valence-electron chi connectivity index (χ1n) is 7.80. The largest absolute Gasteiger partial charge is 0.383 e. The van der Waals surface area contributed by atoms with Crippen molar-refractivity contribution in [2.24, 2.45) is 5.73 Å². The molecule has 0 saturated carbocycles. The Bertz CT molecular complexity index is 964. The number of primary amides is 1. The van der Waals surface area contributed by atoms with Crippen molar-refractivity contribution < 1.29 is 4.79 Å². The highest BCUT2D eigenvalue weighted by atomic mass is 79.9. The molecule has 0 unspecified atom stereocenters. The van der Waals surface area contributed by atoms with Gasteiger partial charge in [-0.05, 0) is 35.4 Å². The summed E-state index contributed by atoms with van der Waals surface area (Å²) in [5, 5.41) is 4.37. The standard InChI is InChI=1S/C18H16BrN5O/c19-12-5-7-13(8-6-12)23-9-11-3-1-2-4-14(11)16-15(10-23)22-24(17(16)20)18(21)25/h1-8H,9-10,20H2,(H2,21,25). The van der Waals surface area contributed by atoms with E-state index >= 15 is 0 Å². The minimum absolute atomic E-state index is 0.285. The fraction of sp³-hybridized carbons (Fsp3) is 0.111. The number of carbonyl (C=O) groups is 1. The lowest BCUT2D eigenvalue weighted by Gasteiger charge is -2.23. The van der Waals surface area contributed by atoms with E-state index in [0.717, 1.165) is 43.8 Å². The molecule has 0 bridgehead atoms. The van der Waals surface area contributed by atoms with E-state index in [9.17, 15) is 4.79 Å². The summed E-state index contributed by atoms with van der Waals surface area (Å²) in [4.78, 5) is 13.9. The van der Waals surface area contributed by atoms with Gasteiger partial charge in [0, 0.05) is 22.3 Å². The van der Waals surface area contributed by atoms with Crippen LogP contribution >= 0.6 is 15.9 Å². The van der Waals surface area contributed by atoms with Crippen molar-refractivity contribution in [2.75, 3.05) is 10.6 Å². The van der Waals surface area contributed by atoms with Crippen molar-refractivity contribution >= 4 is 33.5 Å². The highest BCUT2D eigenvalue weighted by Gasteiger charge is 2.26. The van der Waals surface area contributed by atoms with Gasteiger partial charge in [0.25, 0.3) is 0 Å². The zero-order valence-corrected chi connectivity index (χ0v) is 14.9. The Kier molecular flexibility index (Phi) is 3.73. The van der Waals surface area contributed by atoms with Gasteiger partial charge < -0.3 is 16.4 Å². The molecule has 6 nitrogen and oxygen atoms in total. The Labute approximate surface area is 153 Å². The number of aromatic nitrogens is 2. The molecule has 1 aromatic heterocycles. The second kappa shape index (κ2) is 5.93. The number of amides is 1. The van der Waals surface area contributed by atoms with Crippen LogP contribution in [0.2, 0.25) is 0 Å². The number of nitrogens with two attached hydrogens (primary N) is 2. The lowest BCUT2D eigenvalue weighted by atomic mass is 10.0.